The predicted octanol–water partition coefficient (Wildman–Crippen LogP) is 2.50. The molecule has 0 bridgehead atoms. The van der Waals surface area contributed by atoms with E-state index in [0.717, 1.165) is 5.69 Å². The van der Waals surface area contributed by atoms with Crippen molar-refractivity contribution in [1.82, 2.24) is 20.4 Å². The van der Waals surface area contributed by atoms with Gasteiger partial charge in [-0.15, -0.1) is 5.10 Å². The molecule has 20 heavy (non-hydrogen) atoms. The molecular formula is C13H17F2N5. The van der Waals surface area contributed by atoms with Crippen molar-refractivity contribution in [3.05, 3.63) is 11.8 Å². The van der Waals surface area contributed by atoms with Crippen molar-refractivity contribution in [3.63, 3.8) is 0 Å². The van der Waals surface area contributed by atoms with Crippen LogP contribution >= 0.6 is 0 Å². The van der Waals surface area contributed by atoms with Gasteiger partial charge in [0.15, 0.2) is 5.52 Å². The van der Waals surface area contributed by atoms with Crippen LogP contribution in [0, 0.1) is 0 Å². The number of nitrogens with zero attached hydrogens (tertiary/aromatic N) is 4. The van der Waals surface area contributed by atoms with Gasteiger partial charge in [-0.3, -0.25) is 0 Å². The minimum Gasteiger partial charge on any atom is -0.363 e. The first kappa shape index (κ1) is 13.2. The Balaban J connectivity index is 2.12. The van der Waals surface area contributed by atoms with Gasteiger partial charge in [-0.2, -0.15) is 10.3 Å². The molecule has 0 atom stereocenters. The van der Waals surface area contributed by atoms with Crippen molar-refractivity contribution in [2.45, 2.75) is 38.5 Å². The molecule has 0 saturated carbocycles. The molecule has 0 spiro atoms. The summed E-state index contributed by atoms with van der Waals surface area (Å²) in [6.45, 7) is 6.14. The molecule has 0 aliphatic carbocycles. The van der Waals surface area contributed by atoms with E-state index in [2.05, 4.69) is 20.4 Å². The lowest BCUT2D eigenvalue weighted by Crippen LogP contribution is -2.26. The maximum Gasteiger partial charge on any atom is 0.266 e. The Morgan fingerprint density at radius 3 is 2.65 bits per heavy atom. The van der Waals surface area contributed by atoms with Gasteiger partial charge in [-0.25, -0.2) is 13.8 Å². The van der Waals surface area contributed by atoms with E-state index in [1.54, 1.807) is 4.90 Å². The molecule has 1 aliphatic heterocycles. The third kappa shape index (κ3) is 2.21. The maximum atomic E-state index is 13.4. The number of pyridine rings is 1. The van der Waals surface area contributed by atoms with Gasteiger partial charge in [-0.1, -0.05) is 20.8 Å². The zero-order valence-corrected chi connectivity index (χ0v) is 11.7. The highest BCUT2D eigenvalue weighted by molar-refractivity contribution is 5.85. The van der Waals surface area contributed by atoms with Gasteiger partial charge in [0, 0.05) is 18.4 Å². The summed E-state index contributed by atoms with van der Waals surface area (Å²) < 4.78 is 26.9. The molecule has 3 heterocycles. The van der Waals surface area contributed by atoms with Gasteiger partial charge in [-0.05, 0) is 6.07 Å². The van der Waals surface area contributed by atoms with E-state index in [0.29, 0.717) is 23.4 Å². The van der Waals surface area contributed by atoms with E-state index in [9.17, 15) is 8.78 Å². The Morgan fingerprint density at radius 2 is 2.05 bits per heavy atom. The number of halogens is 2. The van der Waals surface area contributed by atoms with E-state index in [4.69, 9.17) is 0 Å². The molecule has 1 N–H and O–H groups in total. The second-order valence-electron chi connectivity index (χ2n) is 6.30. The molecular weight excluding hydrogens is 264 g/mol. The molecule has 0 unspecified atom stereocenters. The number of H-pyrrole nitrogens is 1. The number of fused-ring (bicyclic) bond motifs is 1. The first-order valence-corrected chi connectivity index (χ1v) is 6.61. The second-order valence-corrected chi connectivity index (χ2v) is 6.30. The summed E-state index contributed by atoms with van der Waals surface area (Å²) in [5.41, 5.74) is 2.36. The van der Waals surface area contributed by atoms with Gasteiger partial charge in [0.2, 0.25) is 5.65 Å². The highest BCUT2D eigenvalue weighted by Gasteiger charge is 2.39. The summed E-state index contributed by atoms with van der Waals surface area (Å²) in [6, 6.07) is 1.85. The third-order valence-corrected chi connectivity index (χ3v) is 3.55. The minimum atomic E-state index is -2.64. The van der Waals surface area contributed by atoms with Crippen LogP contribution in [0.1, 0.15) is 32.9 Å². The van der Waals surface area contributed by atoms with Crippen LogP contribution in [0.2, 0.25) is 0 Å². The Morgan fingerprint density at radius 1 is 1.30 bits per heavy atom. The summed E-state index contributed by atoms with van der Waals surface area (Å²) in [5, 5.41) is 10.6. The smallest absolute Gasteiger partial charge is 0.266 e. The molecule has 1 fully saturated rings. The Labute approximate surface area is 115 Å². The zero-order valence-electron chi connectivity index (χ0n) is 11.7. The van der Waals surface area contributed by atoms with E-state index in [1.165, 1.54) is 0 Å². The van der Waals surface area contributed by atoms with Crippen molar-refractivity contribution < 1.29 is 8.78 Å². The van der Waals surface area contributed by atoms with Crippen LogP contribution in [-0.2, 0) is 5.41 Å². The zero-order chi connectivity index (χ0) is 14.5. The van der Waals surface area contributed by atoms with E-state index >= 15 is 0 Å². The Bertz CT molecular complexity index is 644. The van der Waals surface area contributed by atoms with Crippen molar-refractivity contribution in [1.29, 1.82) is 0 Å². The molecule has 5 nitrogen and oxygen atoms in total. The number of aromatic nitrogens is 4. The largest absolute Gasteiger partial charge is 0.363 e. The fourth-order valence-electron chi connectivity index (χ4n) is 2.39. The molecule has 1 saturated heterocycles. The third-order valence-electron chi connectivity index (χ3n) is 3.55. The topological polar surface area (TPSA) is 57.7 Å². The number of nitrogens with one attached hydrogen (secondary N) is 1. The maximum absolute atomic E-state index is 13.4. The second kappa shape index (κ2) is 4.10. The lowest BCUT2D eigenvalue weighted by Gasteiger charge is -2.23. The fraction of sp³-hybridized carbons (Fsp3) is 0.615. The first-order valence-electron chi connectivity index (χ1n) is 6.61. The average Bonchev–Trinajstić information content (AvgIpc) is 2.92. The molecule has 2 aromatic rings. The van der Waals surface area contributed by atoms with Crippen LogP contribution in [0.3, 0.4) is 0 Å². The monoisotopic (exact) mass is 281 g/mol. The predicted molar refractivity (Wildman–Crippen MR) is 72.2 cm³/mol. The Hall–Kier alpha value is -1.79. The summed E-state index contributed by atoms with van der Waals surface area (Å²) in [4.78, 5) is 6.12. The van der Waals surface area contributed by atoms with Crippen LogP contribution in [0.25, 0.3) is 11.2 Å². The molecule has 2 aromatic heterocycles. The molecule has 0 aromatic carbocycles. The van der Waals surface area contributed by atoms with Crippen LogP contribution < -0.4 is 4.90 Å². The van der Waals surface area contributed by atoms with Crippen LogP contribution in [0.4, 0.5) is 14.5 Å². The van der Waals surface area contributed by atoms with Crippen LogP contribution in [0.5, 0.6) is 0 Å². The van der Waals surface area contributed by atoms with Gasteiger partial charge in [0.05, 0.1) is 17.9 Å². The standard InChI is InChI=1S/C13H17F2N5/c1-12(2,3)9-6-8(10-11(16-9)18-19-17-10)20-5-4-13(14,15)7-20/h6H,4-5,7H2,1-3H3,(H,16,17,18,19). The molecule has 0 radical (unpaired) electrons. The van der Waals surface area contributed by atoms with Gasteiger partial charge in [0.1, 0.15) is 0 Å². The normalized spacial score (nSPS) is 18.9. The van der Waals surface area contributed by atoms with E-state index in [-0.39, 0.29) is 18.4 Å². The van der Waals surface area contributed by atoms with Gasteiger partial charge >= 0.3 is 0 Å². The summed E-state index contributed by atoms with van der Waals surface area (Å²) in [7, 11) is 0. The summed E-state index contributed by atoms with van der Waals surface area (Å²) in [6.07, 6.45) is -0.125. The lowest BCUT2D eigenvalue weighted by atomic mass is 9.91. The van der Waals surface area contributed by atoms with Crippen molar-refractivity contribution in [3.8, 4) is 0 Å². The van der Waals surface area contributed by atoms with Crippen LogP contribution in [-0.4, -0.2) is 39.4 Å². The van der Waals surface area contributed by atoms with Crippen LogP contribution in [0.15, 0.2) is 6.07 Å². The molecule has 0 amide bonds. The number of anilines is 1. The van der Waals surface area contributed by atoms with E-state index in [1.807, 2.05) is 26.8 Å². The number of aromatic amines is 1. The van der Waals surface area contributed by atoms with E-state index < -0.39 is 5.92 Å². The summed E-state index contributed by atoms with van der Waals surface area (Å²) >= 11 is 0. The lowest BCUT2D eigenvalue weighted by molar-refractivity contribution is 0.0257. The minimum absolute atomic E-state index is 0.125. The number of alkyl halides is 2. The SMILES string of the molecule is CC(C)(C)c1cc(N2CCC(F)(F)C2)c2n[nH]nc2n1. The van der Waals surface area contributed by atoms with Crippen molar-refractivity contribution >= 4 is 16.9 Å². The van der Waals surface area contributed by atoms with Gasteiger partial charge < -0.3 is 4.90 Å². The summed E-state index contributed by atoms with van der Waals surface area (Å²) in [5.74, 6) is -2.64. The highest BCUT2D eigenvalue weighted by Crippen LogP contribution is 2.35. The molecule has 108 valence electrons. The molecule has 1 aliphatic rings. The molecule has 3 rings (SSSR count). The number of hydrogen-bond acceptors (Lipinski definition) is 4. The van der Waals surface area contributed by atoms with Gasteiger partial charge in [0.25, 0.3) is 5.92 Å². The Kier molecular flexibility index (Phi) is 2.71. The number of rotatable bonds is 1. The average molecular weight is 281 g/mol. The number of hydrogen-bond donors (Lipinski definition) is 1. The fourth-order valence-corrected chi connectivity index (χ4v) is 2.39. The molecule has 7 heteroatoms. The first-order chi connectivity index (χ1) is 9.26. The van der Waals surface area contributed by atoms with Crippen molar-refractivity contribution in [2.24, 2.45) is 0 Å². The highest BCUT2D eigenvalue weighted by atomic mass is 19.3. The quantitative estimate of drug-likeness (QED) is 0.872. The van der Waals surface area contributed by atoms with Crippen molar-refractivity contribution in [2.75, 3.05) is 18.0 Å².